The zero-order valence-electron chi connectivity index (χ0n) is 17.5. The zero-order chi connectivity index (χ0) is 20.1. The molecule has 2 saturated heterocycles. The molecule has 158 valence electrons. The Hall–Kier alpha value is -2.12. The number of hydrogen-bond donors (Lipinski definition) is 1. The van der Waals surface area contributed by atoms with Crippen LogP contribution >= 0.6 is 0 Å². The quantitative estimate of drug-likeness (QED) is 0.737. The van der Waals surface area contributed by atoms with Gasteiger partial charge >= 0.3 is 0 Å². The van der Waals surface area contributed by atoms with Gasteiger partial charge in [-0.15, -0.1) is 0 Å². The van der Waals surface area contributed by atoms with E-state index in [0.29, 0.717) is 6.61 Å². The van der Waals surface area contributed by atoms with Crippen molar-refractivity contribution in [2.24, 2.45) is 5.92 Å². The number of rotatable bonds is 8. The largest absolute Gasteiger partial charge is 0.383 e. The summed E-state index contributed by atoms with van der Waals surface area (Å²) in [5.41, 5.74) is 2.15. The molecule has 2 aliphatic heterocycles. The van der Waals surface area contributed by atoms with Crippen LogP contribution in [0.1, 0.15) is 25.7 Å². The normalized spacial score (nSPS) is 18.6. The van der Waals surface area contributed by atoms with Crippen LogP contribution in [-0.4, -0.2) is 73.3 Å². The molecule has 0 aliphatic carbocycles. The Morgan fingerprint density at radius 3 is 2.66 bits per heavy atom. The summed E-state index contributed by atoms with van der Waals surface area (Å²) in [4.78, 5) is 22.2. The lowest BCUT2D eigenvalue weighted by Gasteiger charge is -2.32. The first-order chi connectivity index (χ1) is 14.3. The van der Waals surface area contributed by atoms with Crippen molar-refractivity contribution in [1.29, 1.82) is 0 Å². The number of carbonyl (C=O) groups is 1. The molecule has 0 saturated carbocycles. The van der Waals surface area contributed by atoms with Crippen LogP contribution in [0.15, 0.2) is 24.3 Å². The second-order valence-corrected chi connectivity index (χ2v) is 8.15. The second kappa shape index (κ2) is 9.59. The van der Waals surface area contributed by atoms with Gasteiger partial charge in [0.1, 0.15) is 0 Å². The van der Waals surface area contributed by atoms with Gasteiger partial charge in [-0.1, -0.05) is 12.1 Å². The van der Waals surface area contributed by atoms with E-state index in [1.807, 2.05) is 6.07 Å². The summed E-state index contributed by atoms with van der Waals surface area (Å²) in [6.07, 6.45) is 4.34. The van der Waals surface area contributed by atoms with Gasteiger partial charge in [-0.2, -0.15) is 0 Å². The number of anilines is 1. The number of para-hydroxylation sites is 2. The van der Waals surface area contributed by atoms with Crippen molar-refractivity contribution >= 4 is 22.9 Å². The van der Waals surface area contributed by atoms with E-state index in [2.05, 4.69) is 37.9 Å². The zero-order valence-corrected chi connectivity index (χ0v) is 17.5. The Morgan fingerprint density at radius 1 is 1.14 bits per heavy atom. The van der Waals surface area contributed by atoms with Crippen LogP contribution in [0.2, 0.25) is 0 Å². The SMILES string of the molecule is COCCn1c(N2CCC(C(=O)NCCN3CCCC3)CC2)nc2ccccc21. The molecule has 1 aromatic carbocycles. The van der Waals surface area contributed by atoms with Gasteiger partial charge < -0.3 is 24.4 Å². The minimum absolute atomic E-state index is 0.113. The van der Waals surface area contributed by atoms with Gasteiger partial charge in [-0.3, -0.25) is 4.79 Å². The molecule has 0 bridgehead atoms. The van der Waals surface area contributed by atoms with Gasteiger partial charge in [-0.25, -0.2) is 4.98 Å². The Kier molecular flexibility index (Phi) is 6.67. The van der Waals surface area contributed by atoms with E-state index in [0.717, 1.165) is 62.5 Å². The highest BCUT2D eigenvalue weighted by Crippen LogP contribution is 2.27. The smallest absolute Gasteiger partial charge is 0.223 e. The van der Waals surface area contributed by atoms with Gasteiger partial charge in [0.2, 0.25) is 11.9 Å². The maximum absolute atomic E-state index is 12.6. The van der Waals surface area contributed by atoms with Gasteiger partial charge in [0, 0.05) is 45.8 Å². The molecule has 1 N–H and O–H groups in total. The molecule has 0 radical (unpaired) electrons. The van der Waals surface area contributed by atoms with Crippen LogP contribution in [0.5, 0.6) is 0 Å². The average Bonchev–Trinajstić information content (AvgIpc) is 3.40. The molecule has 2 aromatic rings. The van der Waals surface area contributed by atoms with E-state index in [1.54, 1.807) is 7.11 Å². The van der Waals surface area contributed by atoms with Gasteiger partial charge in [0.05, 0.1) is 17.6 Å². The number of likely N-dealkylation sites (tertiary alicyclic amines) is 1. The van der Waals surface area contributed by atoms with E-state index >= 15 is 0 Å². The first kappa shape index (κ1) is 20.2. The average molecular weight is 400 g/mol. The molecule has 1 amide bonds. The number of benzene rings is 1. The van der Waals surface area contributed by atoms with Gasteiger partial charge in [0.25, 0.3) is 0 Å². The molecule has 2 fully saturated rings. The van der Waals surface area contributed by atoms with Gasteiger partial charge in [0.15, 0.2) is 0 Å². The van der Waals surface area contributed by atoms with Crippen LogP contribution in [0, 0.1) is 5.92 Å². The fourth-order valence-electron chi connectivity index (χ4n) is 4.54. The molecule has 0 spiro atoms. The number of amides is 1. The fraction of sp³-hybridized carbons (Fsp3) is 0.636. The number of hydrogen-bond acceptors (Lipinski definition) is 5. The highest BCUT2D eigenvalue weighted by atomic mass is 16.5. The standard InChI is InChI=1S/C22H33N5O2/c1-29-17-16-27-20-7-3-2-6-19(20)24-22(27)26-13-8-18(9-14-26)21(28)23-10-15-25-11-4-5-12-25/h2-3,6-7,18H,4-5,8-17H2,1H3,(H,23,28). The number of ether oxygens (including phenoxy) is 1. The van der Waals surface area contributed by atoms with E-state index in [4.69, 9.17) is 9.72 Å². The lowest BCUT2D eigenvalue weighted by atomic mass is 9.96. The summed E-state index contributed by atoms with van der Waals surface area (Å²) in [7, 11) is 1.73. The van der Waals surface area contributed by atoms with Crippen LogP contribution < -0.4 is 10.2 Å². The predicted octanol–water partition coefficient (Wildman–Crippen LogP) is 2.11. The highest BCUT2D eigenvalue weighted by Gasteiger charge is 2.27. The summed E-state index contributed by atoms with van der Waals surface area (Å²) < 4.78 is 7.55. The summed E-state index contributed by atoms with van der Waals surface area (Å²) in [5, 5.41) is 3.16. The van der Waals surface area contributed by atoms with Crippen molar-refractivity contribution in [3.05, 3.63) is 24.3 Å². The third kappa shape index (κ3) is 4.73. The number of carbonyl (C=O) groups excluding carboxylic acids is 1. The molecule has 4 rings (SSSR count). The minimum Gasteiger partial charge on any atom is -0.383 e. The predicted molar refractivity (Wildman–Crippen MR) is 115 cm³/mol. The lowest BCUT2D eigenvalue weighted by molar-refractivity contribution is -0.125. The number of methoxy groups -OCH3 is 1. The first-order valence-corrected chi connectivity index (χ1v) is 11.0. The van der Waals surface area contributed by atoms with Crippen LogP contribution in [0.25, 0.3) is 11.0 Å². The summed E-state index contributed by atoms with van der Waals surface area (Å²) in [5.74, 6) is 1.33. The van der Waals surface area contributed by atoms with Crippen molar-refractivity contribution in [2.45, 2.75) is 32.2 Å². The third-order valence-corrected chi connectivity index (χ3v) is 6.23. The minimum atomic E-state index is 0.113. The number of imidazole rings is 1. The van der Waals surface area contributed by atoms with Crippen molar-refractivity contribution in [1.82, 2.24) is 19.8 Å². The lowest BCUT2D eigenvalue weighted by Crippen LogP contribution is -2.43. The number of nitrogens with zero attached hydrogens (tertiary/aromatic N) is 4. The van der Waals surface area contributed by atoms with Crippen LogP contribution in [0.4, 0.5) is 5.95 Å². The van der Waals surface area contributed by atoms with E-state index in [1.165, 1.54) is 25.9 Å². The number of nitrogens with one attached hydrogen (secondary N) is 1. The summed E-state index contributed by atoms with van der Waals surface area (Å²) in [6.45, 7) is 7.27. The van der Waals surface area contributed by atoms with Crippen LogP contribution in [-0.2, 0) is 16.1 Å². The Labute approximate surface area is 173 Å². The van der Waals surface area contributed by atoms with Gasteiger partial charge in [-0.05, 0) is 50.9 Å². The molecule has 1 aromatic heterocycles. The fourth-order valence-corrected chi connectivity index (χ4v) is 4.54. The summed E-state index contributed by atoms with van der Waals surface area (Å²) in [6, 6.07) is 8.25. The summed E-state index contributed by atoms with van der Waals surface area (Å²) >= 11 is 0. The topological polar surface area (TPSA) is 62.6 Å². The number of aromatic nitrogens is 2. The number of piperidine rings is 1. The second-order valence-electron chi connectivity index (χ2n) is 8.15. The van der Waals surface area contributed by atoms with E-state index < -0.39 is 0 Å². The van der Waals surface area contributed by atoms with E-state index in [-0.39, 0.29) is 11.8 Å². The molecule has 2 aliphatic rings. The van der Waals surface area contributed by atoms with E-state index in [9.17, 15) is 4.79 Å². The van der Waals surface area contributed by atoms with Crippen molar-refractivity contribution in [3.63, 3.8) is 0 Å². The Morgan fingerprint density at radius 2 is 1.90 bits per heavy atom. The van der Waals surface area contributed by atoms with Crippen molar-refractivity contribution < 1.29 is 9.53 Å². The molecule has 29 heavy (non-hydrogen) atoms. The Balaban J connectivity index is 1.33. The molecule has 7 heteroatoms. The maximum Gasteiger partial charge on any atom is 0.223 e. The molecule has 0 unspecified atom stereocenters. The van der Waals surface area contributed by atoms with Crippen molar-refractivity contribution in [3.8, 4) is 0 Å². The number of fused-ring (bicyclic) bond motifs is 1. The maximum atomic E-state index is 12.6. The molecule has 0 atom stereocenters. The highest BCUT2D eigenvalue weighted by molar-refractivity contribution is 5.80. The molecule has 3 heterocycles. The van der Waals surface area contributed by atoms with Crippen molar-refractivity contribution in [2.75, 3.05) is 57.9 Å². The van der Waals surface area contributed by atoms with Crippen LogP contribution in [0.3, 0.4) is 0 Å². The third-order valence-electron chi connectivity index (χ3n) is 6.23. The first-order valence-electron chi connectivity index (χ1n) is 11.0. The molecule has 7 nitrogen and oxygen atoms in total. The molecular formula is C22H33N5O2. The Bertz CT molecular complexity index is 807. The monoisotopic (exact) mass is 399 g/mol. The molecular weight excluding hydrogens is 366 g/mol.